The Labute approximate surface area is 165 Å². The van der Waals surface area contributed by atoms with Crippen molar-refractivity contribution in [1.29, 1.82) is 0 Å². The molecule has 0 unspecified atom stereocenters. The lowest BCUT2D eigenvalue weighted by Gasteiger charge is -2.21. The predicted octanol–water partition coefficient (Wildman–Crippen LogP) is 6.52. The number of nitrogens with zero attached hydrogens (tertiary/aromatic N) is 2. The maximum Gasteiger partial charge on any atom is 0.153 e. The molecule has 1 aliphatic carbocycles. The first-order chi connectivity index (χ1) is 12.2. The molecule has 0 aliphatic heterocycles. The van der Waals surface area contributed by atoms with Crippen LogP contribution in [-0.4, -0.2) is 9.38 Å². The van der Waals surface area contributed by atoms with Crippen LogP contribution in [0.15, 0.2) is 51.5 Å². The Kier molecular flexibility index (Phi) is 5.13. The van der Waals surface area contributed by atoms with E-state index in [1.807, 2.05) is 0 Å². The molecule has 0 radical (unpaired) electrons. The fourth-order valence-electron chi connectivity index (χ4n) is 3.71. The molecule has 1 N–H and O–H groups in total. The average Bonchev–Trinajstić information content (AvgIpc) is 3.00. The monoisotopic (exact) mass is 461 g/mol. The van der Waals surface area contributed by atoms with Crippen molar-refractivity contribution in [3.8, 4) is 0 Å². The number of rotatable bonds is 4. The minimum atomic E-state index is 0.553. The molecule has 2 aromatic heterocycles. The standard InChI is InChI=1S/C20H21Br2N3/c21-16-11-17(22)19-24-18(15-9-5-2-6-10-15)20(25(19)13-16)23-12-14-7-3-1-4-8-14/h1,3-4,7-8,11,13,15,23H,2,5-6,9-10,12H2. The van der Waals surface area contributed by atoms with Crippen molar-refractivity contribution in [1.82, 2.24) is 9.38 Å². The summed E-state index contributed by atoms with van der Waals surface area (Å²) in [6.07, 6.45) is 8.55. The zero-order valence-corrected chi connectivity index (χ0v) is 17.2. The molecule has 0 saturated heterocycles. The van der Waals surface area contributed by atoms with Gasteiger partial charge in [0.1, 0.15) is 5.82 Å². The summed E-state index contributed by atoms with van der Waals surface area (Å²) in [7, 11) is 0. The third-order valence-corrected chi connectivity index (χ3v) is 5.98. The van der Waals surface area contributed by atoms with Gasteiger partial charge in [-0.25, -0.2) is 4.98 Å². The first-order valence-electron chi connectivity index (χ1n) is 8.87. The van der Waals surface area contributed by atoms with Crippen molar-refractivity contribution in [3.05, 3.63) is 62.8 Å². The number of nitrogens with one attached hydrogen (secondary N) is 1. The Morgan fingerprint density at radius 1 is 1.08 bits per heavy atom. The van der Waals surface area contributed by atoms with Crippen molar-refractivity contribution < 1.29 is 0 Å². The fourth-order valence-corrected chi connectivity index (χ4v) is 4.98. The zero-order valence-electron chi connectivity index (χ0n) is 14.0. The van der Waals surface area contributed by atoms with Crippen molar-refractivity contribution in [2.45, 2.75) is 44.6 Å². The summed E-state index contributed by atoms with van der Waals surface area (Å²) in [6, 6.07) is 12.6. The Bertz CT molecular complexity index is 868. The van der Waals surface area contributed by atoms with Crippen molar-refractivity contribution in [2.24, 2.45) is 0 Å². The smallest absolute Gasteiger partial charge is 0.153 e. The molecule has 1 aliphatic rings. The summed E-state index contributed by atoms with van der Waals surface area (Å²) >= 11 is 7.29. The lowest BCUT2D eigenvalue weighted by atomic mass is 9.87. The highest BCUT2D eigenvalue weighted by atomic mass is 79.9. The predicted molar refractivity (Wildman–Crippen MR) is 110 cm³/mol. The van der Waals surface area contributed by atoms with Gasteiger partial charge in [-0.3, -0.25) is 4.40 Å². The van der Waals surface area contributed by atoms with Gasteiger partial charge in [-0.05, 0) is 56.3 Å². The molecule has 4 rings (SSSR count). The molecule has 3 aromatic rings. The summed E-state index contributed by atoms with van der Waals surface area (Å²) in [5, 5.41) is 3.66. The number of imidazole rings is 1. The molecule has 25 heavy (non-hydrogen) atoms. The van der Waals surface area contributed by atoms with E-state index in [1.54, 1.807) is 0 Å². The minimum Gasteiger partial charge on any atom is -0.366 e. The minimum absolute atomic E-state index is 0.553. The van der Waals surface area contributed by atoms with Gasteiger partial charge in [0.15, 0.2) is 5.65 Å². The van der Waals surface area contributed by atoms with Gasteiger partial charge in [-0.2, -0.15) is 0 Å². The van der Waals surface area contributed by atoms with E-state index in [-0.39, 0.29) is 0 Å². The molecule has 2 heterocycles. The third kappa shape index (κ3) is 3.63. The van der Waals surface area contributed by atoms with Gasteiger partial charge < -0.3 is 5.32 Å². The molecular weight excluding hydrogens is 442 g/mol. The van der Waals surface area contributed by atoms with Gasteiger partial charge in [0.25, 0.3) is 0 Å². The van der Waals surface area contributed by atoms with Gasteiger partial charge in [-0.1, -0.05) is 49.6 Å². The van der Waals surface area contributed by atoms with E-state index in [2.05, 4.69) is 84.2 Å². The van der Waals surface area contributed by atoms with Gasteiger partial charge in [-0.15, -0.1) is 0 Å². The van der Waals surface area contributed by atoms with E-state index in [0.29, 0.717) is 5.92 Å². The van der Waals surface area contributed by atoms with E-state index >= 15 is 0 Å². The molecule has 0 bridgehead atoms. The highest BCUT2D eigenvalue weighted by Crippen LogP contribution is 2.38. The van der Waals surface area contributed by atoms with E-state index in [4.69, 9.17) is 4.98 Å². The van der Waals surface area contributed by atoms with Crippen molar-refractivity contribution in [2.75, 3.05) is 5.32 Å². The number of anilines is 1. The second-order valence-electron chi connectivity index (χ2n) is 6.72. The average molecular weight is 463 g/mol. The number of pyridine rings is 1. The normalized spacial score (nSPS) is 15.6. The number of hydrogen-bond donors (Lipinski definition) is 1. The second-order valence-corrected chi connectivity index (χ2v) is 8.49. The van der Waals surface area contributed by atoms with Crippen molar-refractivity contribution in [3.63, 3.8) is 0 Å². The summed E-state index contributed by atoms with van der Waals surface area (Å²) in [5.41, 5.74) is 3.48. The Morgan fingerprint density at radius 2 is 1.84 bits per heavy atom. The van der Waals surface area contributed by atoms with Crippen LogP contribution < -0.4 is 5.32 Å². The lowest BCUT2D eigenvalue weighted by molar-refractivity contribution is 0.438. The van der Waals surface area contributed by atoms with Gasteiger partial charge in [0, 0.05) is 23.1 Å². The number of benzene rings is 1. The quantitative estimate of drug-likeness (QED) is 0.478. The second kappa shape index (κ2) is 7.50. The van der Waals surface area contributed by atoms with Crippen LogP contribution >= 0.6 is 31.9 Å². The first kappa shape index (κ1) is 17.1. The summed E-state index contributed by atoms with van der Waals surface area (Å²) in [5.74, 6) is 1.69. The van der Waals surface area contributed by atoms with Crippen LogP contribution in [0.1, 0.15) is 49.3 Å². The fraction of sp³-hybridized carbons (Fsp3) is 0.350. The van der Waals surface area contributed by atoms with E-state index < -0.39 is 0 Å². The van der Waals surface area contributed by atoms with Gasteiger partial charge in [0.2, 0.25) is 0 Å². The highest BCUT2D eigenvalue weighted by molar-refractivity contribution is 9.11. The third-order valence-electron chi connectivity index (χ3n) is 4.96. The first-order valence-corrected chi connectivity index (χ1v) is 10.5. The Balaban J connectivity index is 1.75. The van der Waals surface area contributed by atoms with Gasteiger partial charge >= 0.3 is 0 Å². The van der Waals surface area contributed by atoms with E-state index in [1.165, 1.54) is 43.4 Å². The largest absolute Gasteiger partial charge is 0.366 e. The summed E-state index contributed by atoms with van der Waals surface area (Å²) < 4.78 is 4.25. The van der Waals surface area contributed by atoms with E-state index in [0.717, 1.165) is 27.0 Å². The molecule has 130 valence electrons. The summed E-state index contributed by atoms with van der Waals surface area (Å²) in [6.45, 7) is 0.804. The number of fused-ring (bicyclic) bond motifs is 1. The topological polar surface area (TPSA) is 29.3 Å². The lowest BCUT2D eigenvalue weighted by Crippen LogP contribution is -2.10. The highest BCUT2D eigenvalue weighted by Gasteiger charge is 2.24. The van der Waals surface area contributed by atoms with Crippen LogP contribution in [0, 0.1) is 0 Å². The molecule has 1 saturated carbocycles. The molecule has 1 fully saturated rings. The molecular formula is C20H21Br2N3. The molecule has 5 heteroatoms. The van der Waals surface area contributed by atoms with Crippen LogP contribution in [0.5, 0.6) is 0 Å². The maximum atomic E-state index is 5.02. The SMILES string of the molecule is Brc1cc(Br)c2nc(C3CCCCC3)c(NCc3ccccc3)n2c1. The molecule has 3 nitrogen and oxygen atoms in total. The van der Waals surface area contributed by atoms with Crippen LogP contribution in [0.4, 0.5) is 5.82 Å². The van der Waals surface area contributed by atoms with Crippen LogP contribution in [0.3, 0.4) is 0 Å². The number of halogens is 2. The Hall–Kier alpha value is -1.33. The van der Waals surface area contributed by atoms with Crippen molar-refractivity contribution >= 4 is 43.3 Å². The number of aromatic nitrogens is 2. The van der Waals surface area contributed by atoms with Gasteiger partial charge in [0.05, 0.1) is 10.2 Å². The Morgan fingerprint density at radius 3 is 2.60 bits per heavy atom. The van der Waals surface area contributed by atoms with E-state index in [9.17, 15) is 0 Å². The zero-order chi connectivity index (χ0) is 17.2. The molecule has 1 aromatic carbocycles. The molecule has 0 spiro atoms. The molecule has 0 atom stereocenters. The molecule has 0 amide bonds. The van der Waals surface area contributed by atoms with Crippen LogP contribution in [0.2, 0.25) is 0 Å². The van der Waals surface area contributed by atoms with Crippen LogP contribution in [0.25, 0.3) is 5.65 Å². The van der Waals surface area contributed by atoms with Crippen LogP contribution in [-0.2, 0) is 6.54 Å². The number of hydrogen-bond acceptors (Lipinski definition) is 2. The summed E-state index contributed by atoms with van der Waals surface area (Å²) in [4.78, 5) is 5.02. The maximum absolute atomic E-state index is 5.02.